The van der Waals surface area contributed by atoms with Gasteiger partial charge < -0.3 is 10.2 Å². The first kappa shape index (κ1) is 17.6. The van der Waals surface area contributed by atoms with Crippen LogP contribution in [0.5, 0.6) is 5.75 Å². The van der Waals surface area contributed by atoms with Crippen molar-refractivity contribution in [2.45, 2.75) is 20.8 Å². The van der Waals surface area contributed by atoms with E-state index in [9.17, 15) is 0 Å². The molecule has 0 atom stereocenters. The number of allylic oxidation sites excluding steroid dienone is 3. The molecule has 94 valence electrons. The van der Waals surface area contributed by atoms with Gasteiger partial charge in [-0.1, -0.05) is 50.8 Å². The molecule has 0 aliphatic rings. The fraction of sp³-hybridized carbons (Fsp3) is 0.200. The van der Waals surface area contributed by atoms with Gasteiger partial charge in [0.05, 0.1) is 0 Å². The van der Waals surface area contributed by atoms with Gasteiger partial charge in [-0.15, -0.1) is 0 Å². The SMILES string of the molecule is C=C/C=C(\C=C)Oc1ccc(C)cc1.CC.O. The average Bonchev–Trinajstić information content (AvgIpc) is 2.34. The largest absolute Gasteiger partial charge is 0.457 e. The average molecular weight is 234 g/mol. The Labute approximate surface area is 104 Å². The molecule has 0 aliphatic carbocycles. The lowest BCUT2D eigenvalue weighted by Gasteiger charge is -2.05. The van der Waals surface area contributed by atoms with Crippen LogP contribution < -0.4 is 4.74 Å². The van der Waals surface area contributed by atoms with E-state index < -0.39 is 0 Å². The quantitative estimate of drug-likeness (QED) is 0.576. The fourth-order valence-corrected chi connectivity index (χ4v) is 1.00. The van der Waals surface area contributed by atoms with Crippen LogP contribution in [0.4, 0.5) is 0 Å². The van der Waals surface area contributed by atoms with Crippen molar-refractivity contribution < 1.29 is 10.2 Å². The first-order chi connectivity index (χ1) is 7.76. The molecule has 0 saturated heterocycles. The Morgan fingerprint density at radius 1 is 1.12 bits per heavy atom. The number of aryl methyl sites for hydroxylation is 1. The molecule has 0 spiro atoms. The molecule has 0 fully saturated rings. The van der Waals surface area contributed by atoms with Gasteiger partial charge in [-0.05, 0) is 31.2 Å². The molecule has 17 heavy (non-hydrogen) atoms. The third-order valence-electron chi connectivity index (χ3n) is 1.74. The second-order valence-electron chi connectivity index (χ2n) is 2.92. The lowest BCUT2D eigenvalue weighted by Crippen LogP contribution is -1.90. The van der Waals surface area contributed by atoms with Crippen LogP contribution in [0.2, 0.25) is 0 Å². The summed E-state index contributed by atoms with van der Waals surface area (Å²) in [4.78, 5) is 0. The second kappa shape index (κ2) is 10.7. The predicted octanol–water partition coefficient (Wildman–Crippen LogP) is 3.83. The summed E-state index contributed by atoms with van der Waals surface area (Å²) in [6.07, 6.45) is 5.10. The maximum Gasteiger partial charge on any atom is 0.127 e. The highest BCUT2D eigenvalue weighted by atomic mass is 16.5. The molecule has 0 radical (unpaired) electrons. The molecular formula is C15H22O2. The van der Waals surface area contributed by atoms with Gasteiger partial charge in [-0.25, -0.2) is 0 Å². The van der Waals surface area contributed by atoms with Crippen LogP contribution >= 0.6 is 0 Å². The third kappa shape index (κ3) is 7.14. The Bertz CT molecular complexity index is 348. The van der Waals surface area contributed by atoms with Gasteiger partial charge >= 0.3 is 0 Å². The Hall–Kier alpha value is -1.80. The Balaban J connectivity index is 0. The molecule has 0 aliphatic heterocycles. The van der Waals surface area contributed by atoms with Crippen LogP contribution in [0.25, 0.3) is 0 Å². The first-order valence-corrected chi connectivity index (χ1v) is 5.46. The van der Waals surface area contributed by atoms with Crippen molar-refractivity contribution in [2.24, 2.45) is 0 Å². The molecule has 0 aromatic heterocycles. The topological polar surface area (TPSA) is 40.7 Å². The summed E-state index contributed by atoms with van der Waals surface area (Å²) in [7, 11) is 0. The summed E-state index contributed by atoms with van der Waals surface area (Å²) in [5.74, 6) is 1.51. The van der Waals surface area contributed by atoms with Gasteiger partial charge in [0, 0.05) is 0 Å². The molecule has 2 heteroatoms. The number of rotatable bonds is 4. The molecule has 0 bridgehead atoms. The summed E-state index contributed by atoms with van der Waals surface area (Å²) in [6.45, 7) is 13.3. The van der Waals surface area contributed by atoms with Crippen molar-refractivity contribution in [1.82, 2.24) is 0 Å². The molecule has 0 saturated carbocycles. The molecule has 0 unspecified atom stereocenters. The minimum Gasteiger partial charge on any atom is -0.457 e. The summed E-state index contributed by atoms with van der Waals surface area (Å²) in [5, 5.41) is 0. The van der Waals surface area contributed by atoms with Crippen molar-refractivity contribution in [3.8, 4) is 5.75 Å². The Morgan fingerprint density at radius 2 is 1.65 bits per heavy atom. The van der Waals surface area contributed by atoms with Crippen molar-refractivity contribution in [3.05, 3.63) is 67.0 Å². The summed E-state index contributed by atoms with van der Waals surface area (Å²) >= 11 is 0. The van der Waals surface area contributed by atoms with E-state index in [2.05, 4.69) is 13.2 Å². The number of hydrogen-bond donors (Lipinski definition) is 0. The van der Waals surface area contributed by atoms with E-state index in [0.717, 1.165) is 5.75 Å². The normalized spacial score (nSPS) is 9.24. The van der Waals surface area contributed by atoms with E-state index in [-0.39, 0.29) is 5.48 Å². The van der Waals surface area contributed by atoms with E-state index >= 15 is 0 Å². The van der Waals surface area contributed by atoms with Gasteiger partial charge in [-0.2, -0.15) is 0 Å². The predicted molar refractivity (Wildman–Crippen MR) is 75.2 cm³/mol. The highest BCUT2D eigenvalue weighted by Crippen LogP contribution is 2.15. The van der Waals surface area contributed by atoms with Crippen LogP contribution in [0.15, 0.2) is 61.4 Å². The van der Waals surface area contributed by atoms with Crippen molar-refractivity contribution >= 4 is 0 Å². The number of ether oxygens (including phenoxy) is 1. The van der Waals surface area contributed by atoms with Crippen molar-refractivity contribution in [3.63, 3.8) is 0 Å². The molecule has 1 aromatic carbocycles. The zero-order valence-corrected chi connectivity index (χ0v) is 10.9. The number of benzene rings is 1. The van der Waals surface area contributed by atoms with Crippen molar-refractivity contribution in [2.75, 3.05) is 0 Å². The second-order valence-corrected chi connectivity index (χ2v) is 2.92. The monoisotopic (exact) mass is 234 g/mol. The van der Waals surface area contributed by atoms with Gasteiger partial charge in [0.25, 0.3) is 0 Å². The smallest absolute Gasteiger partial charge is 0.127 e. The molecule has 0 heterocycles. The number of hydrogen-bond acceptors (Lipinski definition) is 1. The maximum absolute atomic E-state index is 5.53. The van der Waals surface area contributed by atoms with Crippen molar-refractivity contribution in [1.29, 1.82) is 0 Å². The lowest BCUT2D eigenvalue weighted by molar-refractivity contribution is 0.445. The molecule has 1 aromatic rings. The Morgan fingerprint density at radius 3 is 2.06 bits per heavy atom. The van der Waals surface area contributed by atoms with Crippen LogP contribution in [-0.2, 0) is 0 Å². The fourth-order valence-electron chi connectivity index (χ4n) is 1.00. The molecular weight excluding hydrogens is 212 g/mol. The molecule has 1 rings (SSSR count). The van der Waals surface area contributed by atoms with Crippen LogP contribution in [0.1, 0.15) is 19.4 Å². The van der Waals surface area contributed by atoms with E-state index in [0.29, 0.717) is 5.76 Å². The highest BCUT2D eigenvalue weighted by molar-refractivity contribution is 5.30. The minimum atomic E-state index is 0. The van der Waals surface area contributed by atoms with E-state index in [1.807, 2.05) is 45.0 Å². The summed E-state index contributed by atoms with van der Waals surface area (Å²) < 4.78 is 5.53. The van der Waals surface area contributed by atoms with E-state index in [4.69, 9.17) is 4.74 Å². The zero-order chi connectivity index (χ0) is 12.4. The van der Waals surface area contributed by atoms with Crippen LogP contribution in [0, 0.1) is 6.92 Å². The van der Waals surface area contributed by atoms with Gasteiger partial charge in [0.1, 0.15) is 11.5 Å². The minimum absolute atomic E-state index is 0. The first-order valence-electron chi connectivity index (χ1n) is 5.46. The Kier molecular flexibility index (Phi) is 11.1. The summed E-state index contributed by atoms with van der Waals surface area (Å²) in [5.41, 5.74) is 1.21. The molecule has 2 nitrogen and oxygen atoms in total. The van der Waals surface area contributed by atoms with Gasteiger partial charge in [0.15, 0.2) is 0 Å². The lowest BCUT2D eigenvalue weighted by atomic mass is 10.2. The maximum atomic E-state index is 5.53. The van der Waals surface area contributed by atoms with Crippen LogP contribution in [0.3, 0.4) is 0 Å². The van der Waals surface area contributed by atoms with E-state index in [1.165, 1.54) is 5.56 Å². The van der Waals surface area contributed by atoms with Crippen LogP contribution in [-0.4, -0.2) is 5.48 Å². The highest BCUT2D eigenvalue weighted by Gasteiger charge is 1.94. The standard InChI is InChI=1S/C13H14O.C2H6.H2O/c1-4-6-12(5-2)14-13-9-7-11(3)8-10-13;1-2;/h4-10H,1-2H2,3H3;1-2H3;1H2/b12-6+;;. The zero-order valence-electron chi connectivity index (χ0n) is 10.9. The van der Waals surface area contributed by atoms with Gasteiger partial charge in [0.2, 0.25) is 0 Å². The molecule has 0 amide bonds. The third-order valence-corrected chi connectivity index (χ3v) is 1.74. The summed E-state index contributed by atoms with van der Waals surface area (Å²) in [6, 6.07) is 7.86. The van der Waals surface area contributed by atoms with Gasteiger partial charge in [-0.3, -0.25) is 0 Å². The molecule has 2 N–H and O–H groups in total. The van der Waals surface area contributed by atoms with E-state index in [1.54, 1.807) is 18.2 Å².